The number of hydrogen-bond donors (Lipinski definition) is 0. The van der Waals surface area contributed by atoms with E-state index >= 15 is 0 Å². The molecule has 0 saturated carbocycles. The summed E-state index contributed by atoms with van der Waals surface area (Å²) in [5.74, 6) is 1.25. The van der Waals surface area contributed by atoms with Crippen molar-refractivity contribution >= 4 is 5.57 Å². The van der Waals surface area contributed by atoms with Gasteiger partial charge in [0.1, 0.15) is 5.75 Å². The van der Waals surface area contributed by atoms with E-state index in [0.29, 0.717) is 0 Å². The van der Waals surface area contributed by atoms with Crippen LogP contribution in [-0.2, 0) is 6.18 Å². The molecular weight excluding hydrogens is 313 g/mol. The van der Waals surface area contributed by atoms with Crippen LogP contribution in [-0.4, -0.2) is 7.11 Å². The second-order valence-electron chi connectivity index (χ2n) is 6.21. The maximum atomic E-state index is 12.7. The molecule has 0 fully saturated rings. The van der Waals surface area contributed by atoms with E-state index in [2.05, 4.69) is 13.8 Å². The lowest BCUT2D eigenvalue weighted by molar-refractivity contribution is -0.137. The van der Waals surface area contributed by atoms with Gasteiger partial charge in [-0.25, -0.2) is 0 Å². The Morgan fingerprint density at radius 3 is 1.96 bits per heavy atom. The van der Waals surface area contributed by atoms with Crippen molar-refractivity contribution in [3.8, 4) is 5.75 Å². The third-order valence-electron chi connectivity index (χ3n) is 4.84. The van der Waals surface area contributed by atoms with E-state index in [1.54, 1.807) is 19.2 Å². The molecule has 2 aromatic carbocycles. The first kappa shape index (κ1) is 16.6. The molecule has 24 heavy (non-hydrogen) atoms. The Labute approximate surface area is 139 Å². The largest absolute Gasteiger partial charge is 0.497 e. The summed E-state index contributed by atoms with van der Waals surface area (Å²) in [6.07, 6.45) is -4.29. The summed E-state index contributed by atoms with van der Waals surface area (Å²) >= 11 is 0. The first-order chi connectivity index (χ1) is 11.3. The predicted molar refractivity (Wildman–Crippen MR) is 88.9 cm³/mol. The molecule has 1 aliphatic rings. The third kappa shape index (κ3) is 2.81. The highest BCUT2D eigenvalue weighted by Gasteiger charge is 2.37. The zero-order valence-electron chi connectivity index (χ0n) is 13.8. The Hall–Kier alpha value is -2.23. The number of rotatable bonds is 3. The molecule has 0 N–H and O–H groups in total. The van der Waals surface area contributed by atoms with Crippen molar-refractivity contribution < 1.29 is 17.9 Å². The van der Waals surface area contributed by atoms with Crippen LogP contribution >= 0.6 is 0 Å². The highest BCUT2D eigenvalue weighted by Crippen LogP contribution is 2.52. The number of halogens is 3. The summed E-state index contributed by atoms with van der Waals surface area (Å²) in [5, 5.41) is 0. The molecule has 0 aliphatic heterocycles. The van der Waals surface area contributed by atoms with E-state index in [1.165, 1.54) is 23.3 Å². The minimum atomic E-state index is -4.29. The fraction of sp³-hybridized carbons (Fsp3) is 0.300. The average Bonchev–Trinajstić information content (AvgIpc) is 2.55. The topological polar surface area (TPSA) is 9.23 Å². The summed E-state index contributed by atoms with van der Waals surface area (Å²) in [6, 6.07) is 13.4. The Morgan fingerprint density at radius 1 is 0.917 bits per heavy atom. The van der Waals surface area contributed by atoms with Crippen LogP contribution in [0, 0.1) is 5.92 Å². The summed E-state index contributed by atoms with van der Waals surface area (Å²) in [6.45, 7) is 4.18. The van der Waals surface area contributed by atoms with Gasteiger partial charge in [-0.1, -0.05) is 36.8 Å². The molecule has 1 nitrogen and oxygen atoms in total. The molecule has 0 heterocycles. The highest BCUT2D eigenvalue weighted by atomic mass is 19.4. The lowest BCUT2D eigenvalue weighted by Crippen LogP contribution is -2.24. The van der Waals surface area contributed by atoms with Crippen LogP contribution in [0.15, 0.2) is 54.1 Å². The molecule has 2 atom stereocenters. The van der Waals surface area contributed by atoms with Crippen LogP contribution in [0.3, 0.4) is 0 Å². The second kappa shape index (κ2) is 6.00. The molecule has 126 valence electrons. The van der Waals surface area contributed by atoms with Gasteiger partial charge in [-0.3, -0.25) is 0 Å². The molecule has 0 saturated heterocycles. The molecule has 0 spiro atoms. The second-order valence-corrected chi connectivity index (χ2v) is 6.21. The standard InChI is InChI=1S/C20H19F3O/c1-12-18(14-4-8-16(9-5-14)20(21,22)23)13(2)19(12)15-6-10-17(24-3)11-7-15/h4-12,18H,1-3H3/t12-,18-/m0/s1. The van der Waals surface area contributed by atoms with Gasteiger partial charge < -0.3 is 4.74 Å². The normalized spacial score (nSPS) is 20.8. The molecule has 0 aromatic heterocycles. The van der Waals surface area contributed by atoms with Gasteiger partial charge in [0, 0.05) is 5.92 Å². The molecule has 0 bridgehead atoms. The Balaban J connectivity index is 1.87. The van der Waals surface area contributed by atoms with E-state index in [-0.39, 0.29) is 11.8 Å². The van der Waals surface area contributed by atoms with Gasteiger partial charge in [0.25, 0.3) is 0 Å². The fourth-order valence-corrected chi connectivity index (χ4v) is 3.65. The first-order valence-corrected chi connectivity index (χ1v) is 7.85. The van der Waals surface area contributed by atoms with Crippen LogP contribution in [0.1, 0.15) is 36.5 Å². The van der Waals surface area contributed by atoms with Crippen LogP contribution in [0.25, 0.3) is 5.57 Å². The third-order valence-corrected chi connectivity index (χ3v) is 4.84. The Bertz CT molecular complexity index is 755. The smallest absolute Gasteiger partial charge is 0.416 e. The molecule has 1 aliphatic carbocycles. The number of methoxy groups -OCH3 is 1. The number of alkyl halides is 3. The van der Waals surface area contributed by atoms with Crippen LogP contribution in [0.2, 0.25) is 0 Å². The van der Waals surface area contributed by atoms with Crippen molar-refractivity contribution in [2.24, 2.45) is 5.92 Å². The molecule has 4 heteroatoms. The SMILES string of the molecule is COc1ccc(C2=C(C)[C@@H](c3ccc(C(F)(F)F)cc3)[C@@H]2C)cc1. The van der Waals surface area contributed by atoms with Crippen molar-refractivity contribution in [3.05, 3.63) is 70.8 Å². The fourth-order valence-electron chi connectivity index (χ4n) is 3.65. The van der Waals surface area contributed by atoms with E-state index < -0.39 is 11.7 Å². The van der Waals surface area contributed by atoms with Gasteiger partial charge in [-0.15, -0.1) is 0 Å². The summed E-state index contributed by atoms with van der Waals surface area (Å²) in [5.41, 5.74) is 3.96. The first-order valence-electron chi connectivity index (χ1n) is 7.85. The van der Waals surface area contributed by atoms with E-state index in [0.717, 1.165) is 16.9 Å². The quantitative estimate of drug-likeness (QED) is 0.678. The number of allylic oxidation sites excluding steroid dienone is 2. The molecule has 2 aromatic rings. The average molecular weight is 332 g/mol. The monoisotopic (exact) mass is 332 g/mol. The number of benzene rings is 2. The Kier molecular flexibility index (Phi) is 4.16. The van der Waals surface area contributed by atoms with Gasteiger partial charge in [0.05, 0.1) is 12.7 Å². The van der Waals surface area contributed by atoms with Gasteiger partial charge >= 0.3 is 6.18 Å². The minimum absolute atomic E-state index is 0.171. The molecule has 0 unspecified atom stereocenters. The van der Waals surface area contributed by atoms with E-state index in [1.807, 2.05) is 24.3 Å². The van der Waals surface area contributed by atoms with Gasteiger partial charge in [-0.2, -0.15) is 13.2 Å². The van der Waals surface area contributed by atoms with Gasteiger partial charge in [0.2, 0.25) is 0 Å². The van der Waals surface area contributed by atoms with Crippen molar-refractivity contribution in [2.75, 3.05) is 7.11 Å². The minimum Gasteiger partial charge on any atom is -0.497 e. The lowest BCUT2D eigenvalue weighted by atomic mass is 9.64. The van der Waals surface area contributed by atoms with Crippen LogP contribution < -0.4 is 4.74 Å². The van der Waals surface area contributed by atoms with Crippen LogP contribution in [0.4, 0.5) is 13.2 Å². The molecular formula is C20H19F3O. The summed E-state index contributed by atoms with van der Waals surface area (Å²) in [7, 11) is 1.63. The zero-order valence-corrected chi connectivity index (χ0v) is 13.8. The molecule has 0 radical (unpaired) electrons. The van der Waals surface area contributed by atoms with Crippen molar-refractivity contribution in [2.45, 2.75) is 25.9 Å². The molecule has 0 amide bonds. The lowest BCUT2D eigenvalue weighted by Gasteiger charge is -2.40. The summed E-state index contributed by atoms with van der Waals surface area (Å²) in [4.78, 5) is 0. The maximum Gasteiger partial charge on any atom is 0.416 e. The van der Waals surface area contributed by atoms with E-state index in [4.69, 9.17) is 4.74 Å². The predicted octanol–water partition coefficient (Wildman–Crippen LogP) is 5.92. The Morgan fingerprint density at radius 2 is 1.50 bits per heavy atom. The zero-order chi connectivity index (χ0) is 17.5. The van der Waals surface area contributed by atoms with Crippen LogP contribution in [0.5, 0.6) is 5.75 Å². The molecule has 3 rings (SSSR count). The van der Waals surface area contributed by atoms with E-state index in [9.17, 15) is 13.2 Å². The van der Waals surface area contributed by atoms with Crippen molar-refractivity contribution in [1.82, 2.24) is 0 Å². The highest BCUT2D eigenvalue weighted by molar-refractivity contribution is 5.79. The van der Waals surface area contributed by atoms with Crippen molar-refractivity contribution in [1.29, 1.82) is 0 Å². The number of ether oxygens (including phenoxy) is 1. The number of hydrogen-bond acceptors (Lipinski definition) is 1. The summed E-state index contributed by atoms with van der Waals surface area (Å²) < 4.78 is 43.3. The van der Waals surface area contributed by atoms with Gasteiger partial charge in [0.15, 0.2) is 0 Å². The maximum absolute atomic E-state index is 12.7. The van der Waals surface area contributed by atoms with Crippen molar-refractivity contribution in [3.63, 3.8) is 0 Å². The van der Waals surface area contributed by atoms with Gasteiger partial charge in [-0.05, 0) is 53.8 Å².